The summed E-state index contributed by atoms with van der Waals surface area (Å²) in [5.41, 5.74) is 4.16. The zero-order valence-electron chi connectivity index (χ0n) is 19.4. The molecule has 0 saturated heterocycles. The topological polar surface area (TPSA) is 51.5 Å². The maximum atomic E-state index is 14.5. The fourth-order valence-electron chi connectivity index (χ4n) is 4.28. The van der Waals surface area contributed by atoms with Crippen molar-refractivity contribution in [2.45, 2.75) is 27.7 Å². The maximum absolute atomic E-state index is 14.5. The minimum Gasteiger partial charge on any atom is -0.462 e. The number of aromatic nitrogens is 1. The van der Waals surface area contributed by atoms with Crippen LogP contribution >= 0.6 is 11.6 Å². The Balaban J connectivity index is 1.86. The van der Waals surface area contributed by atoms with Crippen LogP contribution < -0.4 is 4.90 Å². The first-order valence-electron chi connectivity index (χ1n) is 10.9. The van der Waals surface area contributed by atoms with Crippen molar-refractivity contribution in [2.75, 3.05) is 11.5 Å². The molecule has 34 heavy (non-hydrogen) atoms. The van der Waals surface area contributed by atoms with Gasteiger partial charge in [0.25, 0.3) is 5.91 Å². The summed E-state index contributed by atoms with van der Waals surface area (Å²) in [4.78, 5) is 27.9. The standard InChI is InChI=1S/C27H24ClFN2O3/c1-5-34-27(33)25-18(4)31(21-12-10-20(28)11-13-21)26(32)22(25)15-19-14-16(2)30(17(19)3)24-9-7-6-8-23(24)29/h6-15H,5H2,1-4H3/b22-15-. The minimum atomic E-state index is -0.570. The molecule has 7 heteroatoms. The van der Waals surface area contributed by atoms with Gasteiger partial charge in [0.2, 0.25) is 0 Å². The van der Waals surface area contributed by atoms with E-state index < -0.39 is 5.97 Å². The second kappa shape index (κ2) is 9.31. The van der Waals surface area contributed by atoms with E-state index in [9.17, 15) is 14.0 Å². The van der Waals surface area contributed by atoms with Crippen LogP contribution in [0.25, 0.3) is 11.8 Å². The first kappa shape index (κ1) is 23.5. The predicted octanol–water partition coefficient (Wildman–Crippen LogP) is 6.15. The molecule has 0 N–H and O–H groups in total. The average molecular weight is 479 g/mol. The molecule has 0 radical (unpaired) electrons. The lowest BCUT2D eigenvalue weighted by Crippen LogP contribution is -2.24. The van der Waals surface area contributed by atoms with Gasteiger partial charge in [-0.05, 0) is 81.8 Å². The number of benzene rings is 2. The van der Waals surface area contributed by atoms with E-state index in [4.69, 9.17) is 16.3 Å². The first-order chi connectivity index (χ1) is 16.2. The Morgan fingerprint density at radius 1 is 1.09 bits per heavy atom. The van der Waals surface area contributed by atoms with Crippen molar-refractivity contribution in [1.29, 1.82) is 0 Å². The number of allylic oxidation sites excluding steroid dienone is 1. The van der Waals surface area contributed by atoms with Crippen molar-refractivity contribution in [3.8, 4) is 5.69 Å². The number of nitrogens with zero attached hydrogens (tertiary/aromatic N) is 2. The zero-order valence-corrected chi connectivity index (χ0v) is 20.1. The van der Waals surface area contributed by atoms with E-state index in [2.05, 4.69) is 0 Å². The normalized spacial score (nSPS) is 14.9. The Kier molecular flexibility index (Phi) is 6.44. The predicted molar refractivity (Wildman–Crippen MR) is 131 cm³/mol. The van der Waals surface area contributed by atoms with E-state index in [0.717, 1.165) is 11.4 Å². The number of ether oxygens (including phenoxy) is 1. The molecule has 2 heterocycles. The van der Waals surface area contributed by atoms with Crippen molar-refractivity contribution in [2.24, 2.45) is 0 Å². The van der Waals surface area contributed by atoms with Gasteiger partial charge in [-0.15, -0.1) is 0 Å². The Labute approximate surface area is 202 Å². The van der Waals surface area contributed by atoms with Gasteiger partial charge in [0.05, 0.1) is 23.4 Å². The number of hydrogen-bond acceptors (Lipinski definition) is 3. The number of carbonyl (C=O) groups is 2. The minimum absolute atomic E-state index is 0.180. The van der Waals surface area contributed by atoms with E-state index in [1.165, 1.54) is 11.0 Å². The molecule has 0 spiro atoms. The van der Waals surface area contributed by atoms with Gasteiger partial charge in [-0.1, -0.05) is 23.7 Å². The molecular formula is C27H24ClFN2O3. The molecule has 4 rings (SSSR count). The monoisotopic (exact) mass is 478 g/mol. The SMILES string of the molecule is CCOC(=O)C1=C(C)N(c2ccc(Cl)cc2)C(=O)/C1=C\c1cc(C)n(-c2ccccc2F)c1C. The quantitative estimate of drug-likeness (QED) is 0.326. The molecule has 174 valence electrons. The third-order valence-electron chi connectivity index (χ3n) is 5.83. The highest BCUT2D eigenvalue weighted by molar-refractivity contribution is 6.30. The van der Waals surface area contributed by atoms with Crippen molar-refractivity contribution in [3.63, 3.8) is 0 Å². The number of hydrogen-bond donors (Lipinski definition) is 0. The number of amides is 1. The van der Waals surface area contributed by atoms with Crippen LogP contribution in [0.3, 0.4) is 0 Å². The van der Waals surface area contributed by atoms with Gasteiger partial charge in [0, 0.05) is 27.8 Å². The molecular weight excluding hydrogens is 455 g/mol. The molecule has 1 amide bonds. The number of rotatable bonds is 5. The summed E-state index contributed by atoms with van der Waals surface area (Å²) in [6.45, 7) is 7.32. The highest BCUT2D eigenvalue weighted by Gasteiger charge is 2.38. The van der Waals surface area contributed by atoms with Crippen LogP contribution in [0.15, 0.2) is 71.4 Å². The molecule has 0 unspecified atom stereocenters. The summed E-state index contributed by atoms with van der Waals surface area (Å²) in [6.07, 6.45) is 1.67. The second-order valence-electron chi connectivity index (χ2n) is 7.97. The summed E-state index contributed by atoms with van der Waals surface area (Å²) >= 11 is 6.01. The number of halogens is 2. The number of anilines is 1. The van der Waals surface area contributed by atoms with Gasteiger partial charge >= 0.3 is 5.97 Å². The highest BCUT2D eigenvalue weighted by atomic mass is 35.5. The largest absolute Gasteiger partial charge is 0.462 e. The Morgan fingerprint density at radius 3 is 2.41 bits per heavy atom. The summed E-state index contributed by atoms with van der Waals surface area (Å²) in [5.74, 6) is -1.27. The van der Waals surface area contributed by atoms with E-state index >= 15 is 0 Å². The number of aryl methyl sites for hydroxylation is 1. The molecule has 1 aliphatic rings. The third kappa shape index (κ3) is 4.05. The molecule has 1 aromatic heterocycles. The Hall–Kier alpha value is -3.64. The molecule has 2 aromatic carbocycles. The number of esters is 1. The molecule has 0 bridgehead atoms. The van der Waals surface area contributed by atoms with Crippen LogP contribution in [-0.2, 0) is 14.3 Å². The van der Waals surface area contributed by atoms with E-state index in [1.54, 1.807) is 67.0 Å². The van der Waals surface area contributed by atoms with E-state index in [1.807, 2.05) is 19.9 Å². The van der Waals surface area contributed by atoms with Gasteiger partial charge in [0.1, 0.15) is 5.82 Å². The van der Waals surface area contributed by atoms with E-state index in [-0.39, 0.29) is 29.5 Å². The lowest BCUT2D eigenvalue weighted by molar-refractivity contribution is -0.138. The van der Waals surface area contributed by atoms with Gasteiger partial charge in [-0.3, -0.25) is 9.69 Å². The van der Waals surface area contributed by atoms with Crippen molar-refractivity contribution in [1.82, 2.24) is 4.57 Å². The van der Waals surface area contributed by atoms with Crippen LogP contribution in [0.4, 0.5) is 10.1 Å². The summed E-state index contributed by atoms with van der Waals surface area (Å²) < 4.78 is 21.6. The fraction of sp³-hybridized carbons (Fsp3) is 0.185. The maximum Gasteiger partial charge on any atom is 0.340 e. The number of para-hydroxylation sites is 1. The van der Waals surface area contributed by atoms with Crippen LogP contribution in [0.1, 0.15) is 30.8 Å². The third-order valence-corrected chi connectivity index (χ3v) is 6.08. The van der Waals surface area contributed by atoms with Crippen molar-refractivity contribution in [3.05, 3.63) is 99.2 Å². The van der Waals surface area contributed by atoms with Crippen molar-refractivity contribution >= 4 is 35.2 Å². The Morgan fingerprint density at radius 2 is 1.76 bits per heavy atom. The van der Waals surface area contributed by atoms with Crippen LogP contribution in [0.5, 0.6) is 0 Å². The average Bonchev–Trinajstić information content (AvgIpc) is 3.21. The molecule has 3 aromatic rings. The lowest BCUT2D eigenvalue weighted by atomic mass is 10.0. The van der Waals surface area contributed by atoms with Gasteiger partial charge in [-0.2, -0.15) is 0 Å². The van der Waals surface area contributed by atoms with Crippen molar-refractivity contribution < 1.29 is 18.7 Å². The van der Waals surface area contributed by atoms with Gasteiger partial charge < -0.3 is 9.30 Å². The van der Waals surface area contributed by atoms with E-state index in [0.29, 0.717) is 27.7 Å². The highest BCUT2D eigenvalue weighted by Crippen LogP contribution is 2.37. The zero-order chi connectivity index (χ0) is 24.6. The molecule has 0 aliphatic carbocycles. The van der Waals surface area contributed by atoms with Crippen LogP contribution in [0.2, 0.25) is 5.02 Å². The van der Waals surface area contributed by atoms with Crippen LogP contribution in [-0.4, -0.2) is 23.1 Å². The molecule has 5 nitrogen and oxygen atoms in total. The fourth-order valence-corrected chi connectivity index (χ4v) is 4.40. The molecule has 0 fully saturated rings. The van der Waals surface area contributed by atoms with Crippen LogP contribution in [0, 0.1) is 19.7 Å². The van der Waals surface area contributed by atoms with Gasteiger partial charge in [-0.25, -0.2) is 9.18 Å². The first-order valence-corrected chi connectivity index (χ1v) is 11.3. The molecule has 1 aliphatic heterocycles. The second-order valence-corrected chi connectivity index (χ2v) is 8.41. The summed E-state index contributed by atoms with van der Waals surface area (Å²) in [7, 11) is 0. The summed E-state index contributed by atoms with van der Waals surface area (Å²) in [5, 5.41) is 0.541. The lowest BCUT2D eigenvalue weighted by Gasteiger charge is -2.18. The molecule has 0 saturated carbocycles. The molecule has 0 atom stereocenters. The smallest absolute Gasteiger partial charge is 0.340 e. The Bertz CT molecular complexity index is 1350. The number of carbonyl (C=O) groups excluding carboxylic acids is 2. The van der Waals surface area contributed by atoms with Gasteiger partial charge in [0.15, 0.2) is 0 Å². The summed E-state index contributed by atoms with van der Waals surface area (Å²) in [6, 6.07) is 15.2.